The van der Waals surface area contributed by atoms with Gasteiger partial charge < -0.3 is 10.2 Å². The van der Waals surface area contributed by atoms with E-state index in [0.29, 0.717) is 0 Å². The zero-order chi connectivity index (χ0) is 12.8. The second kappa shape index (κ2) is 6.88. The third-order valence-electron chi connectivity index (χ3n) is 3.72. The lowest BCUT2D eigenvalue weighted by Gasteiger charge is -2.21. The van der Waals surface area contributed by atoms with Crippen LogP contribution in [0.3, 0.4) is 0 Å². The van der Waals surface area contributed by atoms with Gasteiger partial charge in [0.1, 0.15) is 0 Å². The molecule has 0 aromatic heterocycles. The molecule has 3 heteroatoms. The largest absolute Gasteiger partial charge is 0.395 e. The Bertz CT molecular complexity index is 342. The molecule has 1 aliphatic heterocycles. The van der Waals surface area contributed by atoms with E-state index >= 15 is 0 Å². The molecule has 1 aromatic carbocycles. The van der Waals surface area contributed by atoms with Crippen LogP contribution in [0.5, 0.6) is 0 Å². The molecule has 2 atom stereocenters. The molecular weight excluding hydrogens is 226 g/mol. The molecule has 0 spiro atoms. The van der Waals surface area contributed by atoms with Crippen LogP contribution in [0.25, 0.3) is 0 Å². The van der Waals surface area contributed by atoms with Crippen molar-refractivity contribution in [2.24, 2.45) is 0 Å². The molecule has 2 N–H and O–H groups in total. The van der Waals surface area contributed by atoms with Crippen LogP contribution in [0.1, 0.15) is 24.8 Å². The average Bonchev–Trinajstić information content (AvgIpc) is 2.76. The summed E-state index contributed by atoms with van der Waals surface area (Å²) >= 11 is 0. The quantitative estimate of drug-likeness (QED) is 0.750. The third kappa shape index (κ3) is 3.80. The van der Waals surface area contributed by atoms with Crippen LogP contribution >= 0.6 is 0 Å². The highest BCUT2D eigenvalue weighted by molar-refractivity contribution is 5.14. The Hall–Kier alpha value is -0.900. The maximum absolute atomic E-state index is 9.58. The Balaban J connectivity index is 1.66. The Morgan fingerprint density at radius 1 is 1.17 bits per heavy atom. The van der Waals surface area contributed by atoms with Crippen molar-refractivity contribution < 1.29 is 10.2 Å². The fourth-order valence-electron chi connectivity index (χ4n) is 2.71. The third-order valence-corrected chi connectivity index (χ3v) is 3.72. The van der Waals surface area contributed by atoms with Crippen molar-refractivity contribution in [3.63, 3.8) is 0 Å². The molecule has 100 valence electrons. The SMILES string of the molecule is OCC1CC(O)CN1CCCCc1ccccc1. The van der Waals surface area contributed by atoms with E-state index in [1.807, 2.05) is 6.07 Å². The van der Waals surface area contributed by atoms with Gasteiger partial charge >= 0.3 is 0 Å². The molecule has 1 saturated heterocycles. The zero-order valence-corrected chi connectivity index (χ0v) is 10.8. The van der Waals surface area contributed by atoms with Gasteiger partial charge in [-0.05, 0) is 37.8 Å². The topological polar surface area (TPSA) is 43.7 Å². The summed E-state index contributed by atoms with van der Waals surface area (Å²) in [7, 11) is 0. The molecule has 0 amide bonds. The van der Waals surface area contributed by atoms with Crippen molar-refractivity contribution in [1.82, 2.24) is 4.90 Å². The van der Waals surface area contributed by atoms with Crippen LogP contribution in [0, 0.1) is 0 Å². The van der Waals surface area contributed by atoms with Gasteiger partial charge in [-0.3, -0.25) is 4.90 Å². The van der Waals surface area contributed by atoms with E-state index in [1.54, 1.807) is 0 Å². The van der Waals surface area contributed by atoms with E-state index in [4.69, 9.17) is 0 Å². The molecule has 0 aliphatic carbocycles. The smallest absolute Gasteiger partial charge is 0.0683 e. The van der Waals surface area contributed by atoms with Gasteiger partial charge in [-0.25, -0.2) is 0 Å². The number of hydrogen-bond donors (Lipinski definition) is 2. The van der Waals surface area contributed by atoms with Crippen LogP contribution in [0.4, 0.5) is 0 Å². The minimum atomic E-state index is -0.253. The summed E-state index contributed by atoms with van der Waals surface area (Å²) in [5.74, 6) is 0. The number of β-amino-alcohol motifs (C(OH)–C–C–N with tert-alkyl or cyclic N) is 1. The van der Waals surface area contributed by atoms with Crippen molar-refractivity contribution in [3.8, 4) is 0 Å². The van der Waals surface area contributed by atoms with Crippen molar-refractivity contribution in [2.75, 3.05) is 19.7 Å². The van der Waals surface area contributed by atoms with Crippen molar-refractivity contribution in [2.45, 2.75) is 37.8 Å². The zero-order valence-electron chi connectivity index (χ0n) is 10.8. The second-order valence-corrected chi connectivity index (χ2v) is 5.16. The fourth-order valence-corrected chi connectivity index (χ4v) is 2.71. The molecule has 1 aliphatic rings. The summed E-state index contributed by atoms with van der Waals surface area (Å²) in [6.45, 7) is 1.86. The number of likely N-dealkylation sites (tertiary alicyclic amines) is 1. The number of hydrogen-bond acceptors (Lipinski definition) is 3. The second-order valence-electron chi connectivity index (χ2n) is 5.16. The Morgan fingerprint density at radius 3 is 2.67 bits per heavy atom. The molecule has 0 radical (unpaired) electrons. The molecular formula is C15H23NO2. The van der Waals surface area contributed by atoms with E-state index in [-0.39, 0.29) is 18.8 Å². The first kappa shape index (κ1) is 13.5. The summed E-state index contributed by atoms with van der Waals surface area (Å²) in [4.78, 5) is 2.22. The number of aryl methyl sites for hydroxylation is 1. The summed E-state index contributed by atoms with van der Waals surface area (Å²) in [6, 6.07) is 10.7. The van der Waals surface area contributed by atoms with Gasteiger partial charge in [0.25, 0.3) is 0 Å². The van der Waals surface area contributed by atoms with E-state index in [0.717, 1.165) is 38.8 Å². The van der Waals surface area contributed by atoms with Crippen molar-refractivity contribution in [1.29, 1.82) is 0 Å². The lowest BCUT2D eigenvalue weighted by molar-refractivity contribution is 0.154. The van der Waals surface area contributed by atoms with Gasteiger partial charge in [0, 0.05) is 12.6 Å². The van der Waals surface area contributed by atoms with Gasteiger partial charge in [0.05, 0.1) is 12.7 Å². The Morgan fingerprint density at radius 2 is 1.94 bits per heavy atom. The van der Waals surface area contributed by atoms with Crippen molar-refractivity contribution >= 4 is 0 Å². The number of unbranched alkanes of at least 4 members (excludes halogenated alkanes) is 1. The molecule has 18 heavy (non-hydrogen) atoms. The molecule has 2 rings (SSSR count). The maximum Gasteiger partial charge on any atom is 0.0683 e. The van der Waals surface area contributed by atoms with Gasteiger partial charge in [-0.1, -0.05) is 30.3 Å². The normalized spacial score (nSPS) is 24.6. The first-order valence-corrected chi connectivity index (χ1v) is 6.86. The van der Waals surface area contributed by atoms with Gasteiger partial charge in [0.2, 0.25) is 0 Å². The highest BCUT2D eigenvalue weighted by atomic mass is 16.3. The summed E-state index contributed by atoms with van der Waals surface area (Å²) in [5, 5.41) is 18.8. The van der Waals surface area contributed by atoms with E-state index in [9.17, 15) is 10.2 Å². The van der Waals surface area contributed by atoms with Gasteiger partial charge in [0.15, 0.2) is 0 Å². The standard InChI is InChI=1S/C15H23NO2/c17-12-14-10-15(18)11-16(14)9-5-4-8-13-6-2-1-3-7-13/h1-3,6-7,14-15,17-18H,4-5,8-12H2. The highest BCUT2D eigenvalue weighted by Gasteiger charge is 2.29. The monoisotopic (exact) mass is 249 g/mol. The van der Waals surface area contributed by atoms with Crippen molar-refractivity contribution in [3.05, 3.63) is 35.9 Å². The number of aliphatic hydroxyl groups excluding tert-OH is 2. The Labute approximate surface area is 109 Å². The van der Waals surface area contributed by atoms with Crippen LogP contribution in [-0.4, -0.2) is 47.0 Å². The highest BCUT2D eigenvalue weighted by Crippen LogP contribution is 2.18. The predicted molar refractivity (Wildman–Crippen MR) is 72.5 cm³/mol. The number of aliphatic hydroxyl groups is 2. The minimum Gasteiger partial charge on any atom is -0.395 e. The summed E-state index contributed by atoms with van der Waals surface area (Å²) in [6.07, 6.45) is 3.86. The van der Waals surface area contributed by atoms with Crippen LogP contribution in [0.15, 0.2) is 30.3 Å². The van der Waals surface area contributed by atoms with Crippen LogP contribution in [0.2, 0.25) is 0 Å². The first-order valence-electron chi connectivity index (χ1n) is 6.86. The van der Waals surface area contributed by atoms with E-state index in [2.05, 4.69) is 29.2 Å². The predicted octanol–water partition coefficient (Wildman–Crippen LogP) is 1.44. The first-order chi connectivity index (χ1) is 8.79. The lowest BCUT2D eigenvalue weighted by atomic mass is 10.1. The summed E-state index contributed by atoms with van der Waals surface area (Å²) in [5.41, 5.74) is 1.39. The fraction of sp³-hybridized carbons (Fsp3) is 0.600. The Kier molecular flexibility index (Phi) is 5.17. The number of nitrogens with zero attached hydrogens (tertiary/aromatic N) is 1. The van der Waals surface area contributed by atoms with E-state index < -0.39 is 0 Å². The number of rotatable bonds is 6. The van der Waals surface area contributed by atoms with Gasteiger partial charge in [-0.2, -0.15) is 0 Å². The molecule has 3 nitrogen and oxygen atoms in total. The van der Waals surface area contributed by atoms with Crippen LogP contribution < -0.4 is 0 Å². The molecule has 1 aromatic rings. The molecule has 0 bridgehead atoms. The van der Waals surface area contributed by atoms with E-state index in [1.165, 1.54) is 5.56 Å². The lowest BCUT2D eigenvalue weighted by Crippen LogP contribution is -2.33. The molecule has 1 heterocycles. The maximum atomic E-state index is 9.58. The molecule has 1 fully saturated rings. The molecule has 2 unspecified atom stereocenters. The summed E-state index contributed by atoms with van der Waals surface area (Å²) < 4.78 is 0. The van der Waals surface area contributed by atoms with Gasteiger partial charge in [-0.15, -0.1) is 0 Å². The average molecular weight is 249 g/mol. The number of benzene rings is 1. The van der Waals surface area contributed by atoms with Crippen LogP contribution in [-0.2, 0) is 6.42 Å². The minimum absolute atomic E-state index is 0.162. The molecule has 0 saturated carbocycles.